The number of nitrogens with zero attached hydrogens (tertiary/aromatic N) is 2. The molecule has 4 nitrogen and oxygen atoms in total. The van der Waals surface area contributed by atoms with E-state index in [2.05, 4.69) is 30.5 Å². The molecule has 1 aliphatic heterocycles. The van der Waals surface area contributed by atoms with Gasteiger partial charge in [-0.1, -0.05) is 48.5 Å². The molecule has 1 unspecified atom stereocenters. The van der Waals surface area contributed by atoms with E-state index in [-0.39, 0.29) is 17.7 Å². The van der Waals surface area contributed by atoms with Crippen LogP contribution in [0.4, 0.5) is 0 Å². The third-order valence-electron chi connectivity index (χ3n) is 6.03. The number of hydrogen-bond acceptors (Lipinski definition) is 3. The van der Waals surface area contributed by atoms with Gasteiger partial charge in [-0.15, -0.1) is 11.8 Å². The van der Waals surface area contributed by atoms with Crippen LogP contribution in [0.15, 0.2) is 71.6 Å². The monoisotopic (exact) mass is 432 g/mol. The number of rotatable bonds is 5. The van der Waals surface area contributed by atoms with E-state index in [0.29, 0.717) is 25.2 Å². The van der Waals surface area contributed by atoms with Crippen LogP contribution >= 0.6 is 11.8 Å². The standard InChI is InChI=1S/C26H28N2O2S/c1-27(17-19-12-14-22(31-2)15-13-19)25(29)21-9-6-16-28(18-21)26(30)24-11-5-8-20-7-3-4-10-23(20)24/h3-5,7-8,10-15,21H,6,9,16-18H2,1-2H3. The van der Waals surface area contributed by atoms with E-state index in [0.717, 1.165) is 29.2 Å². The van der Waals surface area contributed by atoms with Gasteiger partial charge in [-0.05, 0) is 53.6 Å². The molecule has 3 aromatic carbocycles. The summed E-state index contributed by atoms with van der Waals surface area (Å²) >= 11 is 1.71. The Morgan fingerprint density at radius 2 is 1.77 bits per heavy atom. The zero-order valence-electron chi connectivity index (χ0n) is 18.1. The van der Waals surface area contributed by atoms with Crippen molar-refractivity contribution in [3.8, 4) is 0 Å². The molecular formula is C26H28N2O2S. The van der Waals surface area contributed by atoms with Crippen LogP contribution in [-0.4, -0.2) is 48.0 Å². The van der Waals surface area contributed by atoms with E-state index in [1.165, 1.54) is 4.90 Å². The number of fused-ring (bicyclic) bond motifs is 1. The first-order chi connectivity index (χ1) is 15.1. The van der Waals surface area contributed by atoms with Gasteiger partial charge < -0.3 is 9.80 Å². The predicted octanol–water partition coefficient (Wildman–Crippen LogP) is 5.07. The van der Waals surface area contributed by atoms with Crippen LogP contribution < -0.4 is 0 Å². The SMILES string of the molecule is CSc1ccc(CN(C)C(=O)C2CCCN(C(=O)c3cccc4ccccc34)C2)cc1. The molecule has 0 N–H and O–H groups in total. The van der Waals surface area contributed by atoms with Gasteiger partial charge in [-0.2, -0.15) is 0 Å². The second-order valence-corrected chi connectivity index (χ2v) is 9.04. The van der Waals surface area contributed by atoms with Gasteiger partial charge in [-0.3, -0.25) is 9.59 Å². The van der Waals surface area contributed by atoms with E-state index in [4.69, 9.17) is 0 Å². The highest BCUT2D eigenvalue weighted by Gasteiger charge is 2.31. The Kier molecular flexibility index (Phi) is 6.62. The summed E-state index contributed by atoms with van der Waals surface area (Å²) in [5, 5.41) is 2.03. The van der Waals surface area contributed by atoms with E-state index >= 15 is 0 Å². The fraction of sp³-hybridized carbons (Fsp3) is 0.308. The highest BCUT2D eigenvalue weighted by Crippen LogP contribution is 2.25. The summed E-state index contributed by atoms with van der Waals surface area (Å²) in [6.45, 7) is 1.77. The minimum atomic E-state index is -0.150. The number of likely N-dealkylation sites (tertiary alicyclic amines) is 1. The van der Waals surface area contributed by atoms with Crippen molar-refractivity contribution in [1.29, 1.82) is 0 Å². The Hall–Kier alpha value is -2.79. The van der Waals surface area contributed by atoms with Crippen LogP contribution in [0.25, 0.3) is 10.8 Å². The second-order valence-electron chi connectivity index (χ2n) is 8.16. The third kappa shape index (κ3) is 4.77. The molecule has 31 heavy (non-hydrogen) atoms. The fourth-order valence-electron chi connectivity index (χ4n) is 4.34. The lowest BCUT2D eigenvalue weighted by atomic mass is 9.95. The molecule has 0 saturated carbocycles. The summed E-state index contributed by atoms with van der Waals surface area (Å²) in [7, 11) is 1.86. The van der Waals surface area contributed by atoms with Gasteiger partial charge in [0.2, 0.25) is 5.91 Å². The predicted molar refractivity (Wildman–Crippen MR) is 127 cm³/mol. The van der Waals surface area contributed by atoms with Gasteiger partial charge in [-0.25, -0.2) is 0 Å². The van der Waals surface area contributed by atoms with Gasteiger partial charge in [0.15, 0.2) is 0 Å². The summed E-state index contributed by atoms with van der Waals surface area (Å²) < 4.78 is 0. The van der Waals surface area contributed by atoms with Crippen molar-refractivity contribution in [2.45, 2.75) is 24.3 Å². The number of piperidine rings is 1. The summed E-state index contributed by atoms with van der Waals surface area (Å²) in [5.74, 6) is -0.0166. The molecule has 2 amide bonds. The summed E-state index contributed by atoms with van der Waals surface area (Å²) in [4.78, 5) is 31.3. The number of hydrogen-bond donors (Lipinski definition) is 0. The average Bonchev–Trinajstić information content (AvgIpc) is 2.83. The highest BCUT2D eigenvalue weighted by molar-refractivity contribution is 7.98. The number of amides is 2. The van der Waals surface area contributed by atoms with Gasteiger partial charge in [0, 0.05) is 37.1 Å². The van der Waals surface area contributed by atoms with Crippen molar-refractivity contribution < 1.29 is 9.59 Å². The molecule has 5 heteroatoms. The Labute approximate surface area is 188 Å². The van der Waals surface area contributed by atoms with Crippen molar-refractivity contribution in [2.75, 3.05) is 26.4 Å². The molecule has 3 aromatic rings. The molecule has 160 valence electrons. The zero-order valence-corrected chi connectivity index (χ0v) is 18.9. The maximum atomic E-state index is 13.3. The Morgan fingerprint density at radius 1 is 1.03 bits per heavy atom. The first-order valence-corrected chi connectivity index (χ1v) is 11.9. The number of carbonyl (C=O) groups excluding carboxylic acids is 2. The van der Waals surface area contributed by atoms with Crippen LogP contribution in [-0.2, 0) is 11.3 Å². The molecule has 1 heterocycles. The summed E-state index contributed by atoms with van der Waals surface area (Å²) in [6.07, 6.45) is 3.73. The van der Waals surface area contributed by atoms with E-state index in [1.54, 1.807) is 16.7 Å². The molecular weight excluding hydrogens is 404 g/mol. The molecule has 1 fully saturated rings. The maximum absolute atomic E-state index is 13.3. The molecule has 1 atom stereocenters. The van der Waals surface area contributed by atoms with Crippen LogP contribution in [0.3, 0.4) is 0 Å². The van der Waals surface area contributed by atoms with E-state index in [9.17, 15) is 9.59 Å². The molecule has 1 aliphatic rings. The van der Waals surface area contributed by atoms with Crippen molar-refractivity contribution in [3.63, 3.8) is 0 Å². The molecule has 0 spiro atoms. The maximum Gasteiger partial charge on any atom is 0.254 e. The van der Waals surface area contributed by atoms with Crippen LogP contribution in [0.2, 0.25) is 0 Å². The first kappa shape index (κ1) is 21.4. The lowest BCUT2D eigenvalue weighted by Gasteiger charge is -2.34. The molecule has 4 rings (SSSR count). The topological polar surface area (TPSA) is 40.6 Å². The summed E-state index contributed by atoms with van der Waals surface area (Å²) in [6, 6.07) is 22.1. The largest absolute Gasteiger partial charge is 0.341 e. The smallest absolute Gasteiger partial charge is 0.254 e. The second kappa shape index (κ2) is 9.56. The van der Waals surface area contributed by atoms with Crippen molar-refractivity contribution in [2.24, 2.45) is 5.92 Å². The highest BCUT2D eigenvalue weighted by atomic mass is 32.2. The Balaban J connectivity index is 1.44. The van der Waals surface area contributed by atoms with Crippen molar-refractivity contribution in [1.82, 2.24) is 9.80 Å². The van der Waals surface area contributed by atoms with Gasteiger partial charge in [0.1, 0.15) is 0 Å². The normalized spacial score (nSPS) is 16.3. The first-order valence-electron chi connectivity index (χ1n) is 10.7. The van der Waals surface area contributed by atoms with E-state index in [1.807, 2.05) is 54.4 Å². The average molecular weight is 433 g/mol. The fourth-order valence-corrected chi connectivity index (χ4v) is 4.75. The lowest BCUT2D eigenvalue weighted by molar-refractivity contribution is -0.136. The number of carbonyl (C=O) groups is 2. The van der Waals surface area contributed by atoms with Crippen LogP contribution in [0, 0.1) is 5.92 Å². The minimum Gasteiger partial charge on any atom is -0.341 e. The molecule has 0 aromatic heterocycles. The molecule has 1 saturated heterocycles. The summed E-state index contributed by atoms with van der Waals surface area (Å²) in [5.41, 5.74) is 1.83. The van der Waals surface area contributed by atoms with Gasteiger partial charge in [0.05, 0.1) is 5.92 Å². The molecule has 0 radical (unpaired) electrons. The Morgan fingerprint density at radius 3 is 2.55 bits per heavy atom. The minimum absolute atomic E-state index is 0.0182. The number of thioether (sulfide) groups is 1. The van der Waals surface area contributed by atoms with E-state index < -0.39 is 0 Å². The van der Waals surface area contributed by atoms with Gasteiger partial charge in [0.25, 0.3) is 5.91 Å². The zero-order chi connectivity index (χ0) is 21.8. The molecule has 0 aliphatic carbocycles. The third-order valence-corrected chi connectivity index (χ3v) is 6.78. The van der Waals surface area contributed by atoms with Crippen molar-refractivity contribution >= 4 is 34.3 Å². The van der Waals surface area contributed by atoms with Crippen LogP contribution in [0.1, 0.15) is 28.8 Å². The van der Waals surface area contributed by atoms with Crippen molar-refractivity contribution in [3.05, 3.63) is 77.9 Å². The van der Waals surface area contributed by atoms with Crippen LogP contribution in [0.5, 0.6) is 0 Å². The Bertz CT molecular complexity index is 1070. The quantitative estimate of drug-likeness (QED) is 0.529. The number of benzene rings is 3. The van der Waals surface area contributed by atoms with Gasteiger partial charge >= 0.3 is 0 Å². The molecule has 0 bridgehead atoms. The lowest BCUT2D eigenvalue weighted by Crippen LogP contribution is -2.45.